The molecule has 1 unspecified atom stereocenters. The number of hydrogen-bond donors (Lipinski definition) is 1. The van der Waals surface area contributed by atoms with Gasteiger partial charge in [0.25, 0.3) is 0 Å². The monoisotopic (exact) mass is 225 g/mol. The molecule has 0 aliphatic carbocycles. The van der Waals surface area contributed by atoms with Gasteiger partial charge in [-0.2, -0.15) is 0 Å². The summed E-state index contributed by atoms with van der Waals surface area (Å²) in [6, 6.07) is 6.16. The highest BCUT2D eigenvalue weighted by atomic mass is 19.1. The van der Waals surface area contributed by atoms with E-state index in [1.165, 1.54) is 12.1 Å². The minimum absolute atomic E-state index is 0.0336. The summed E-state index contributed by atoms with van der Waals surface area (Å²) in [5.74, 6) is -1.17. The average molecular weight is 225 g/mol. The fraction of sp³-hybridized carbons (Fsp3) is 0.417. The van der Waals surface area contributed by atoms with Gasteiger partial charge < -0.3 is 5.11 Å². The molecule has 0 aliphatic rings. The maximum Gasteiger partial charge on any atom is 0.317 e. The van der Waals surface area contributed by atoms with Crippen LogP contribution in [0.3, 0.4) is 0 Å². The zero-order valence-corrected chi connectivity index (χ0v) is 9.48. The molecule has 16 heavy (non-hydrogen) atoms. The van der Waals surface area contributed by atoms with Crippen LogP contribution in [-0.4, -0.2) is 29.1 Å². The first-order valence-corrected chi connectivity index (χ1v) is 5.26. The van der Waals surface area contributed by atoms with E-state index in [1.807, 2.05) is 13.8 Å². The molecule has 0 heterocycles. The highest BCUT2D eigenvalue weighted by Gasteiger charge is 2.16. The molecule has 3 nitrogen and oxygen atoms in total. The summed E-state index contributed by atoms with van der Waals surface area (Å²) in [6.45, 7) is 4.35. The predicted molar refractivity (Wildman–Crippen MR) is 59.7 cm³/mol. The lowest BCUT2D eigenvalue weighted by atomic mass is 10.1. The molecule has 1 N–H and O–H groups in total. The van der Waals surface area contributed by atoms with Gasteiger partial charge in [-0.1, -0.05) is 19.1 Å². The van der Waals surface area contributed by atoms with Crippen LogP contribution in [0.1, 0.15) is 25.5 Å². The zero-order valence-electron chi connectivity index (χ0n) is 9.48. The zero-order chi connectivity index (χ0) is 12.1. The summed E-state index contributed by atoms with van der Waals surface area (Å²) in [7, 11) is 0. The molecule has 0 aliphatic heterocycles. The Balaban J connectivity index is 2.82. The van der Waals surface area contributed by atoms with Crippen LogP contribution in [0, 0.1) is 5.82 Å². The Morgan fingerprint density at radius 2 is 2.25 bits per heavy atom. The maximum atomic E-state index is 13.0. The van der Waals surface area contributed by atoms with Crippen LogP contribution in [0.2, 0.25) is 0 Å². The van der Waals surface area contributed by atoms with Crippen molar-refractivity contribution in [2.75, 3.05) is 13.1 Å². The summed E-state index contributed by atoms with van der Waals surface area (Å²) >= 11 is 0. The third-order valence-corrected chi connectivity index (χ3v) is 2.62. The van der Waals surface area contributed by atoms with Crippen LogP contribution in [0.15, 0.2) is 24.3 Å². The molecule has 1 aromatic rings. The van der Waals surface area contributed by atoms with Crippen molar-refractivity contribution in [2.24, 2.45) is 0 Å². The SMILES string of the molecule is CCN(CC(=O)O)C(C)c1cccc(F)c1. The highest BCUT2D eigenvalue weighted by Crippen LogP contribution is 2.20. The molecule has 0 fully saturated rings. The number of benzene rings is 1. The number of rotatable bonds is 5. The van der Waals surface area contributed by atoms with Gasteiger partial charge in [-0.3, -0.25) is 9.69 Å². The second-order valence-corrected chi connectivity index (χ2v) is 3.69. The topological polar surface area (TPSA) is 40.5 Å². The van der Waals surface area contributed by atoms with E-state index < -0.39 is 5.97 Å². The van der Waals surface area contributed by atoms with Crippen molar-refractivity contribution < 1.29 is 14.3 Å². The molecule has 0 bridgehead atoms. The van der Waals surface area contributed by atoms with E-state index in [0.717, 1.165) is 5.56 Å². The molecule has 1 aromatic carbocycles. The van der Waals surface area contributed by atoms with Crippen molar-refractivity contribution in [1.82, 2.24) is 4.90 Å². The van der Waals surface area contributed by atoms with E-state index in [0.29, 0.717) is 6.54 Å². The largest absolute Gasteiger partial charge is 0.480 e. The molecule has 0 saturated carbocycles. The van der Waals surface area contributed by atoms with E-state index in [9.17, 15) is 9.18 Å². The van der Waals surface area contributed by atoms with Gasteiger partial charge in [0.1, 0.15) is 5.82 Å². The molecule has 0 radical (unpaired) electrons. The smallest absolute Gasteiger partial charge is 0.317 e. The Morgan fingerprint density at radius 3 is 2.75 bits per heavy atom. The van der Waals surface area contributed by atoms with Crippen molar-refractivity contribution in [3.05, 3.63) is 35.6 Å². The molecule has 0 aromatic heterocycles. The van der Waals surface area contributed by atoms with E-state index in [-0.39, 0.29) is 18.4 Å². The number of hydrogen-bond acceptors (Lipinski definition) is 2. The second-order valence-electron chi connectivity index (χ2n) is 3.69. The quantitative estimate of drug-likeness (QED) is 0.835. The summed E-state index contributed by atoms with van der Waals surface area (Å²) in [4.78, 5) is 12.4. The molecule has 4 heteroatoms. The molecular weight excluding hydrogens is 209 g/mol. The van der Waals surface area contributed by atoms with Crippen LogP contribution < -0.4 is 0 Å². The van der Waals surface area contributed by atoms with Crippen molar-refractivity contribution in [1.29, 1.82) is 0 Å². The van der Waals surface area contributed by atoms with E-state index in [1.54, 1.807) is 17.0 Å². The van der Waals surface area contributed by atoms with Gasteiger partial charge in [0.15, 0.2) is 0 Å². The minimum atomic E-state index is -0.870. The van der Waals surface area contributed by atoms with Crippen LogP contribution in [0.5, 0.6) is 0 Å². The number of aliphatic carboxylic acids is 1. The summed E-state index contributed by atoms with van der Waals surface area (Å²) in [6.07, 6.45) is 0. The van der Waals surface area contributed by atoms with Gasteiger partial charge in [-0.25, -0.2) is 4.39 Å². The number of nitrogens with zero attached hydrogens (tertiary/aromatic N) is 1. The van der Waals surface area contributed by atoms with E-state index in [2.05, 4.69) is 0 Å². The second kappa shape index (κ2) is 5.61. The number of likely N-dealkylation sites (N-methyl/N-ethyl adjacent to an activating group) is 1. The maximum absolute atomic E-state index is 13.0. The first-order chi connectivity index (χ1) is 7.54. The van der Waals surface area contributed by atoms with Gasteiger partial charge in [-0.05, 0) is 31.2 Å². The molecular formula is C12H16FNO2. The summed E-state index contributed by atoms with van der Waals surface area (Å²) < 4.78 is 13.0. The molecule has 88 valence electrons. The fourth-order valence-electron chi connectivity index (χ4n) is 1.67. The lowest BCUT2D eigenvalue weighted by Crippen LogP contribution is -2.32. The van der Waals surface area contributed by atoms with Gasteiger partial charge in [-0.15, -0.1) is 0 Å². The van der Waals surface area contributed by atoms with Crippen molar-refractivity contribution in [2.45, 2.75) is 19.9 Å². The fourth-order valence-corrected chi connectivity index (χ4v) is 1.67. The van der Waals surface area contributed by atoms with Crippen molar-refractivity contribution in [3.63, 3.8) is 0 Å². The standard InChI is InChI=1S/C12H16FNO2/c1-3-14(8-12(15)16)9(2)10-5-4-6-11(13)7-10/h4-7,9H,3,8H2,1-2H3,(H,15,16). The van der Waals surface area contributed by atoms with E-state index in [4.69, 9.17) is 5.11 Å². The highest BCUT2D eigenvalue weighted by molar-refractivity contribution is 5.69. The molecule has 0 amide bonds. The van der Waals surface area contributed by atoms with Gasteiger partial charge in [0.05, 0.1) is 6.54 Å². The number of carboxylic acid groups (broad SMARTS) is 1. The van der Waals surface area contributed by atoms with Gasteiger partial charge >= 0.3 is 5.97 Å². The molecule has 0 spiro atoms. The first-order valence-electron chi connectivity index (χ1n) is 5.26. The Bertz CT molecular complexity index is 368. The number of carbonyl (C=O) groups is 1. The van der Waals surface area contributed by atoms with Crippen LogP contribution in [0.4, 0.5) is 4.39 Å². The van der Waals surface area contributed by atoms with Crippen LogP contribution in [-0.2, 0) is 4.79 Å². The third-order valence-electron chi connectivity index (χ3n) is 2.62. The normalized spacial score (nSPS) is 12.8. The molecule has 0 saturated heterocycles. The van der Waals surface area contributed by atoms with Crippen LogP contribution in [0.25, 0.3) is 0 Å². The average Bonchev–Trinajstić information content (AvgIpc) is 2.24. The third kappa shape index (κ3) is 3.31. The Labute approximate surface area is 94.5 Å². The molecule has 1 atom stereocenters. The lowest BCUT2D eigenvalue weighted by molar-refractivity contribution is -0.138. The predicted octanol–water partition coefficient (Wildman–Crippen LogP) is 2.29. The summed E-state index contributed by atoms with van der Waals surface area (Å²) in [5, 5.41) is 8.75. The minimum Gasteiger partial charge on any atom is -0.480 e. The van der Waals surface area contributed by atoms with Gasteiger partial charge in [0.2, 0.25) is 0 Å². The Morgan fingerprint density at radius 1 is 1.56 bits per heavy atom. The molecule has 1 rings (SSSR count). The summed E-state index contributed by atoms with van der Waals surface area (Å²) in [5.41, 5.74) is 0.795. The lowest BCUT2D eigenvalue weighted by Gasteiger charge is -2.26. The van der Waals surface area contributed by atoms with Gasteiger partial charge in [0, 0.05) is 6.04 Å². The Hall–Kier alpha value is -1.42. The Kier molecular flexibility index (Phi) is 4.43. The first kappa shape index (κ1) is 12.6. The van der Waals surface area contributed by atoms with E-state index >= 15 is 0 Å². The number of halogens is 1. The van der Waals surface area contributed by atoms with Crippen molar-refractivity contribution >= 4 is 5.97 Å². The number of carboxylic acids is 1. The van der Waals surface area contributed by atoms with Crippen LogP contribution >= 0.6 is 0 Å². The van der Waals surface area contributed by atoms with Crippen molar-refractivity contribution in [3.8, 4) is 0 Å².